The molecule has 0 aliphatic carbocycles. The minimum absolute atomic E-state index is 0.0781. The van der Waals surface area contributed by atoms with Crippen LogP contribution >= 0.6 is 11.8 Å². The summed E-state index contributed by atoms with van der Waals surface area (Å²) in [5.41, 5.74) is 2.54. The van der Waals surface area contributed by atoms with Crippen molar-refractivity contribution < 1.29 is 13.2 Å². The van der Waals surface area contributed by atoms with Gasteiger partial charge in [-0.1, -0.05) is 56.3 Å². The number of anilines is 2. The molecule has 2 aromatic carbocycles. The summed E-state index contributed by atoms with van der Waals surface area (Å²) in [6, 6.07) is 14.6. The van der Waals surface area contributed by atoms with Crippen molar-refractivity contribution in [1.29, 1.82) is 0 Å². The molecule has 0 aromatic heterocycles. The number of carbonyl (C=O) groups is 1. The van der Waals surface area contributed by atoms with Crippen LogP contribution < -0.4 is 10.2 Å². The number of hydrogen-bond acceptors (Lipinski definition) is 5. The summed E-state index contributed by atoms with van der Waals surface area (Å²) in [4.78, 5) is 14.5. The largest absolute Gasteiger partial charge is 0.325 e. The molecule has 2 aromatic rings. The Balaban J connectivity index is 1.73. The number of amidine groups is 1. The minimum atomic E-state index is -3.77. The fourth-order valence-corrected chi connectivity index (χ4v) is 5.27. The maximum atomic E-state index is 12.6. The zero-order valence-corrected chi connectivity index (χ0v) is 18.2. The Morgan fingerprint density at radius 2 is 1.83 bits per heavy atom. The topological polar surface area (TPSA) is 78.8 Å². The quantitative estimate of drug-likeness (QED) is 0.708. The van der Waals surface area contributed by atoms with E-state index in [2.05, 4.69) is 23.6 Å². The van der Waals surface area contributed by atoms with E-state index < -0.39 is 10.0 Å². The number of unbranched alkanes of at least 4 members (excludes halogenated alkanes) is 1. The first kappa shape index (κ1) is 21.4. The molecule has 154 valence electrons. The van der Waals surface area contributed by atoms with Crippen LogP contribution in [-0.2, 0) is 21.2 Å². The fourth-order valence-electron chi connectivity index (χ4n) is 2.99. The van der Waals surface area contributed by atoms with Gasteiger partial charge in [-0.15, -0.1) is 4.40 Å². The third-order valence-electron chi connectivity index (χ3n) is 4.58. The molecule has 0 bridgehead atoms. The molecule has 0 saturated heterocycles. The first-order chi connectivity index (χ1) is 13.9. The summed E-state index contributed by atoms with van der Waals surface area (Å²) >= 11 is 1.14. The van der Waals surface area contributed by atoms with E-state index in [0.717, 1.165) is 36.7 Å². The summed E-state index contributed by atoms with van der Waals surface area (Å²) in [7, 11) is -3.77. The monoisotopic (exact) mass is 431 g/mol. The first-order valence-corrected chi connectivity index (χ1v) is 12.1. The molecule has 0 unspecified atom stereocenters. The summed E-state index contributed by atoms with van der Waals surface area (Å²) in [6.07, 6.45) is 2.80. The number of nitrogens with zero attached hydrogens (tertiary/aromatic N) is 2. The van der Waals surface area contributed by atoms with Crippen molar-refractivity contribution in [3.63, 3.8) is 0 Å². The van der Waals surface area contributed by atoms with Gasteiger partial charge in [0.2, 0.25) is 5.91 Å². The van der Waals surface area contributed by atoms with Gasteiger partial charge in [-0.25, -0.2) is 0 Å². The SMILES string of the molecule is CCCCN1C(SCC(=O)Nc2ccc(CC)cc2)=NS(=O)(=O)c2ccccc21. The molecule has 8 heteroatoms. The average Bonchev–Trinajstić information content (AvgIpc) is 2.72. The zero-order valence-electron chi connectivity index (χ0n) is 16.6. The van der Waals surface area contributed by atoms with Crippen LogP contribution in [0.5, 0.6) is 0 Å². The van der Waals surface area contributed by atoms with Crippen LogP contribution in [0.15, 0.2) is 57.8 Å². The lowest BCUT2D eigenvalue weighted by Gasteiger charge is -2.30. The minimum Gasteiger partial charge on any atom is -0.325 e. The second-order valence-electron chi connectivity index (χ2n) is 6.71. The molecule has 0 saturated carbocycles. The van der Waals surface area contributed by atoms with Crippen molar-refractivity contribution in [3.8, 4) is 0 Å². The molecule has 1 aliphatic heterocycles. The van der Waals surface area contributed by atoms with Gasteiger partial charge in [0, 0.05) is 12.2 Å². The van der Waals surface area contributed by atoms with Crippen molar-refractivity contribution in [1.82, 2.24) is 0 Å². The lowest BCUT2D eigenvalue weighted by atomic mass is 10.1. The van der Waals surface area contributed by atoms with Crippen LogP contribution in [0.2, 0.25) is 0 Å². The molecule has 1 heterocycles. The van der Waals surface area contributed by atoms with E-state index in [1.807, 2.05) is 35.2 Å². The standard InChI is InChI=1S/C21H25N3O3S2/c1-3-5-14-24-18-8-6-7-9-19(18)29(26,27)23-21(24)28-15-20(25)22-17-12-10-16(4-2)11-13-17/h6-13H,3-5,14-15H2,1-2H3,(H,22,25). The molecule has 0 atom stereocenters. The first-order valence-electron chi connectivity index (χ1n) is 9.67. The Hall–Kier alpha value is -2.32. The Morgan fingerprint density at radius 3 is 2.52 bits per heavy atom. The third-order valence-corrected chi connectivity index (χ3v) is 6.98. The highest BCUT2D eigenvalue weighted by Gasteiger charge is 2.30. The maximum absolute atomic E-state index is 12.6. The molecule has 1 N–H and O–H groups in total. The van der Waals surface area contributed by atoms with Crippen LogP contribution in [0.4, 0.5) is 11.4 Å². The van der Waals surface area contributed by atoms with E-state index in [-0.39, 0.29) is 16.6 Å². The van der Waals surface area contributed by atoms with Gasteiger partial charge >= 0.3 is 0 Å². The number of benzene rings is 2. The lowest BCUT2D eigenvalue weighted by Crippen LogP contribution is -2.35. The molecular formula is C21H25N3O3S2. The number of hydrogen-bond donors (Lipinski definition) is 1. The van der Waals surface area contributed by atoms with Gasteiger partial charge in [-0.05, 0) is 42.7 Å². The number of thioether (sulfide) groups is 1. The average molecular weight is 432 g/mol. The van der Waals surface area contributed by atoms with Crippen LogP contribution in [0.1, 0.15) is 32.3 Å². The van der Waals surface area contributed by atoms with Gasteiger partial charge in [0.05, 0.1) is 11.4 Å². The molecule has 3 rings (SSSR count). The van der Waals surface area contributed by atoms with Crippen molar-refractivity contribution in [3.05, 3.63) is 54.1 Å². The Morgan fingerprint density at radius 1 is 1.10 bits per heavy atom. The lowest BCUT2D eigenvalue weighted by molar-refractivity contribution is -0.113. The number of para-hydroxylation sites is 1. The zero-order chi connectivity index (χ0) is 20.9. The molecule has 0 fully saturated rings. The molecule has 1 aliphatic rings. The highest BCUT2D eigenvalue weighted by Crippen LogP contribution is 2.34. The van der Waals surface area contributed by atoms with Gasteiger partial charge in [0.25, 0.3) is 10.0 Å². The molecule has 1 amide bonds. The van der Waals surface area contributed by atoms with E-state index in [9.17, 15) is 13.2 Å². The van der Waals surface area contributed by atoms with E-state index in [1.54, 1.807) is 18.2 Å². The van der Waals surface area contributed by atoms with E-state index in [4.69, 9.17) is 0 Å². The van der Waals surface area contributed by atoms with E-state index in [0.29, 0.717) is 17.4 Å². The second kappa shape index (κ2) is 9.45. The molecule has 0 spiro atoms. The Kier molecular flexibility index (Phi) is 6.97. The number of aryl methyl sites for hydroxylation is 1. The summed E-state index contributed by atoms with van der Waals surface area (Å²) in [5.74, 6) is -0.122. The summed E-state index contributed by atoms with van der Waals surface area (Å²) in [6.45, 7) is 4.80. The number of fused-ring (bicyclic) bond motifs is 1. The van der Waals surface area contributed by atoms with Gasteiger partial charge < -0.3 is 10.2 Å². The number of nitrogens with one attached hydrogen (secondary N) is 1. The second-order valence-corrected chi connectivity index (χ2v) is 9.22. The molecule has 0 radical (unpaired) electrons. The van der Waals surface area contributed by atoms with Gasteiger partial charge in [-0.3, -0.25) is 4.79 Å². The van der Waals surface area contributed by atoms with Crippen molar-refractivity contribution in [2.24, 2.45) is 4.40 Å². The van der Waals surface area contributed by atoms with Gasteiger partial charge in [0.15, 0.2) is 5.17 Å². The van der Waals surface area contributed by atoms with Crippen LogP contribution in [0.3, 0.4) is 0 Å². The van der Waals surface area contributed by atoms with E-state index >= 15 is 0 Å². The Labute approximate surface area is 176 Å². The molecule has 6 nitrogen and oxygen atoms in total. The number of carbonyl (C=O) groups excluding carboxylic acids is 1. The van der Waals surface area contributed by atoms with Crippen LogP contribution in [-0.4, -0.2) is 31.8 Å². The number of rotatable bonds is 7. The van der Waals surface area contributed by atoms with E-state index in [1.165, 1.54) is 5.56 Å². The molecule has 29 heavy (non-hydrogen) atoms. The normalized spacial score (nSPS) is 14.8. The summed E-state index contributed by atoms with van der Waals surface area (Å²) < 4.78 is 29.1. The van der Waals surface area contributed by atoms with Gasteiger partial charge in [0.1, 0.15) is 4.90 Å². The van der Waals surface area contributed by atoms with Crippen molar-refractivity contribution in [2.45, 2.75) is 38.0 Å². The van der Waals surface area contributed by atoms with Crippen LogP contribution in [0, 0.1) is 0 Å². The van der Waals surface area contributed by atoms with Crippen LogP contribution in [0.25, 0.3) is 0 Å². The Bertz CT molecular complexity index is 1000. The van der Waals surface area contributed by atoms with Gasteiger partial charge in [-0.2, -0.15) is 8.42 Å². The van der Waals surface area contributed by atoms with Crippen molar-refractivity contribution >= 4 is 44.2 Å². The number of amides is 1. The fraction of sp³-hybridized carbons (Fsp3) is 0.333. The molecular weight excluding hydrogens is 406 g/mol. The smallest absolute Gasteiger partial charge is 0.286 e. The predicted octanol–water partition coefficient (Wildman–Crippen LogP) is 4.29. The van der Waals surface area contributed by atoms with Crippen molar-refractivity contribution in [2.75, 3.05) is 22.5 Å². The third kappa shape index (κ3) is 5.19. The summed E-state index contributed by atoms with van der Waals surface area (Å²) in [5, 5.41) is 3.19. The number of sulfonamides is 1. The highest BCUT2D eigenvalue weighted by molar-refractivity contribution is 8.15. The highest BCUT2D eigenvalue weighted by atomic mass is 32.2. The maximum Gasteiger partial charge on any atom is 0.286 e. The predicted molar refractivity (Wildman–Crippen MR) is 120 cm³/mol.